The van der Waals surface area contributed by atoms with Gasteiger partial charge in [-0.15, -0.1) is 5.10 Å². The number of aryl methyl sites for hydroxylation is 1. The van der Waals surface area contributed by atoms with Gasteiger partial charge in [0.25, 0.3) is 0 Å². The summed E-state index contributed by atoms with van der Waals surface area (Å²) < 4.78 is 11.0. The number of methoxy groups -OCH3 is 1. The highest BCUT2D eigenvalue weighted by molar-refractivity contribution is 5.84. The maximum atomic E-state index is 11.5. The van der Waals surface area contributed by atoms with Crippen molar-refractivity contribution >= 4 is 17.9 Å². The Morgan fingerprint density at radius 3 is 2.65 bits per heavy atom. The van der Waals surface area contributed by atoms with Gasteiger partial charge >= 0.3 is 5.69 Å². The van der Waals surface area contributed by atoms with E-state index < -0.39 is 4.92 Å². The Bertz CT molecular complexity index is 860. The summed E-state index contributed by atoms with van der Waals surface area (Å²) in [5, 5.41) is 18.6. The number of benzene rings is 2. The maximum Gasteiger partial charge on any atom is 0.315 e. The Hall–Kier alpha value is -3.62. The van der Waals surface area contributed by atoms with E-state index in [2.05, 4.69) is 10.2 Å². The second-order valence-corrected chi connectivity index (χ2v) is 5.31. The molecule has 0 saturated carbocycles. The summed E-state index contributed by atoms with van der Waals surface area (Å²) in [5.41, 5.74) is 12.5. The fourth-order valence-electron chi connectivity index (χ4n) is 2.20. The number of rotatable bonds is 7. The number of nitro groups is 1. The summed E-state index contributed by atoms with van der Waals surface area (Å²) in [7, 11) is 1.40. The third kappa shape index (κ3) is 4.69. The molecule has 136 valence electrons. The highest BCUT2D eigenvalue weighted by atomic mass is 16.6. The highest BCUT2D eigenvalue weighted by Gasteiger charge is 2.22. The second kappa shape index (κ2) is 8.47. The second-order valence-electron chi connectivity index (χ2n) is 5.31. The largest absolute Gasteiger partial charge is 0.493 e. The summed E-state index contributed by atoms with van der Waals surface area (Å²) in [6.45, 7) is 2.11. The zero-order valence-electron chi connectivity index (χ0n) is 14.4. The number of nitro benzene ring substituents is 1. The quantitative estimate of drug-likeness (QED) is 0.337. The molecule has 0 aromatic heterocycles. The van der Waals surface area contributed by atoms with Crippen LogP contribution in [0.3, 0.4) is 0 Å². The van der Waals surface area contributed by atoms with Crippen molar-refractivity contribution in [2.75, 3.05) is 7.11 Å². The predicted octanol–water partition coefficient (Wildman–Crippen LogP) is 2.10. The van der Waals surface area contributed by atoms with Crippen LogP contribution in [0.5, 0.6) is 11.5 Å². The highest BCUT2D eigenvalue weighted by Crippen LogP contribution is 2.38. The lowest BCUT2D eigenvalue weighted by atomic mass is 10.1. The molecule has 0 heterocycles. The van der Waals surface area contributed by atoms with Gasteiger partial charge in [-0.05, 0) is 24.1 Å². The lowest BCUT2D eigenvalue weighted by molar-refractivity contribution is -0.386. The molecule has 0 atom stereocenters. The molecule has 2 aromatic rings. The monoisotopic (exact) mass is 357 g/mol. The average Bonchev–Trinajstić information content (AvgIpc) is 2.60. The van der Waals surface area contributed by atoms with Gasteiger partial charge in [-0.25, -0.2) is 0 Å². The summed E-state index contributed by atoms with van der Waals surface area (Å²) >= 11 is 0. The van der Waals surface area contributed by atoms with Crippen LogP contribution < -0.4 is 20.9 Å². The van der Waals surface area contributed by atoms with Gasteiger partial charge in [-0.3, -0.25) is 10.1 Å². The lowest BCUT2D eigenvalue weighted by Gasteiger charge is -2.13. The number of guanidine groups is 1. The molecule has 9 heteroatoms. The summed E-state index contributed by atoms with van der Waals surface area (Å²) in [6.07, 6.45) is 1.28. The van der Waals surface area contributed by atoms with E-state index in [9.17, 15) is 10.1 Å². The van der Waals surface area contributed by atoms with E-state index in [1.807, 2.05) is 31.2 Å². The van der Waals surface area contributed by atoms with Crippen LogP contribution in [0.15, 0.2) is 46.6 Å². The van der Waals surface area contributed by atoms with E-state index in [0.717, 1.165) is 11.1 Å². The zero-order chi connectivity index (χ0) is 19.1. The van der Waals surface area contributed by atoms with Crippen LogP contribution in [-0.4, -0.2) is 24.2 Å². The van der Waals surface area contributed by atoms with Crippen molar-refractivity contribution in [1.29, 1.82) is 0 Å². The number of hydrogen-bond donors (Lipinski definition) is 2. The molecule has 0 aliphatic heterocycles. The molecule has 0 saturated heterocycles. The molecule has 0 radical (unpaired) electrons. The van der Waals surface area contributed by atoms with Gasteiger partial charge in [0.1, 0.15) is 6.61 Å². The topological polar surface area (TPSA) is 138 Å². The molecule has 0 aliphatic rings. The van der Waals surface area contributed by atoms with E-state index in [1.165, 1.54) is 19.4 Å². The minimum Gasteiger partial charge on any atom is -0.493 e. The molecule has 0 bridgehead atoms. The zero-order valence-corrected chi connectivity index (χ0v) is 14.4. The smallest absolute Gasteiger partial charge is 0.315 e. The number of ether oxygens (including phenoxy) is 2. The molecular weight excluding hydrogens is 338 g/mol. The molecule has 0 amide bonds. The SMILES string of the molecule is COc1cc(/C=N\N=C(N)N)cc([N+](=O)[O-])c1OCc1ccccc1C. The predicted molar refractivity (Wildman–Crippen MR) is 98.6 cm³/mol. The van der Waals surface area contributed by atoms with Crippen molar-refractivity contribution in [3.63, 3.8) is 0 Å². The van der Waals surface area contributed by atoms with E-state index in [0.29, 0.717) is 5.56 Å². The minimum absolute atomic E-state index is 0.0414. The fraction of sp³-hybridized carbons (Fsp3) is 0.176. The molecule has 2 aromatic carbocycles. The summed E-state index contributed by atoms with van der Waals surface area (Å²) in [4.78, 5) is 10.9. The molecule has 4 N–H and O–H groups in total. The van der Waals surface area contributed by atoms with Crippen molar-refractivity contribution < 1.29 is 14.4 Å². The van der Waals surface area contributed by atoms with Gasteiger partial charge in [-0.2, -0.15) is 5.10 Å². The molecule has 0 fully saturated rings. The van der Waals surface area contributed by atoms with Gasteiger partial charge in [0.15, 0.2) is 5.75 Å². The third-order valence-corrected chi connectivity index (χ3v) is 3.49. The van der Waals surface area contributed by atoms with Crippen LogP contribution in [0, 0.1) is 17.0 Å². The number of nitrogens with two attached hydrogens (primary N) is 2. The standard InChI is InChI=1S/C17H19N5O4/c1-11-5-3-4-6-13(11)10-26-16-14(22(23)24)7-12(8-15(16)25-2)9-20-21-17(18)19/h3-9H,10H2,1-2H3,(H4,18,19,21)/b20-9-. The van der Waals surface area contributed by atoms with Gasteiger partial charge in [0, 0.05) is 11.6 Å². The van der Waals surface area contributed by atoms with Crippen LogP contribution in [0.25, 0.3) is 0 Å². The summed E-state index contributed by atoms with van der Waals surface area (Å²) in [5.74, 6) is 0.0274. The molecule has 2 rings (SSSR count). The Balaban J connectivity index is 2.38. The van der Waals surface area contributed by atoms with Crippen molar-refractivity contribution in [3.05, 3.63) is 63.2 Å². The molecule has 0 unspecified atom stereocenters. The fourth-order valence-corrected chi connectivity index (χ4v) is 2.20. The first-order chi connectivity index (χ1) is 12.4. The van der Waals surface area contributed by atoms with E-state index in [4.69, 9.17) is 20.9 Å². The van der Waals surface area contributed by atoms with E-state index in [-0.39, 0.29) is 29.8 Å². The van der Waals surface area contributed by atoms with E-state index in [1.54, 1.807) is 6.07 Å². The van der Waals surface area contributed by atoms with Crippen molar-refractivity contribution in [3.8, 4) is 11.5 Å². The van der Waals surface area contributed by atoms with Crippen molar-refractivity contribution in [2.24, 2.45) is 21.7 Å². The Labute approximate surface area is 150 Å². The minimum atomic E-state index is -0.548. The van der Waals surface area contributed by atoms with Crippen LogP contribution in [-0.2, 0) is 6.61 Å². The van der Waals surface area contributed by atoms with Gasteiger partial charge in [0.2, 0.25) is 11.7 Å². The Morgan fingerprint density at radius 1 is 1.31 bits per heavy atom. The Morgan fingerprint density at radius 2 is 2.04 bits per heavy atom. The number of hydrogen-bond acceptors (Lipinski definition) is 6. The summed E-state index contributed by atoms with van der Waals surface area (Å²) in [6, 6.07) is 10.5. The molecule has 26 heavy (non-hydrogen) atoms. The molecule has 9 nitrogen and oxygen atoms in total. The Kier molecular flexibility index (Phi) is 6.10. The molecular formula is C17H19N5O4. The van der Waals surface area contributed by atoms with Crippen molar-refractivity contribution in [2.45, 2.75) is 13.5 Å². The van der Waals surface area contributed by atoms with Crippen LogP contribution >= 0.6 is 0 Å². The van der Waals surface area contributed by atoms with Crippen molar-refractivity contribution in [1.82, 2.24) is 0 Å². The molecule has 0 spiro atoms. The maximum absolute atomic E-state index is 11.5. The van der Waals surface area contributed by atoms with Crippen LogP contribution in [0.4, 0.5) is 5.69 Å². The van der Waals surface area contributed by atoms with Gasteiger partial charge in [-0.1, -0.05) is 24.3 Å². The first-order valence-electron chi connectivity index (χ1n) is 7.58. The third-order valence-electron chi connectivity index (χ3n) is 3.49. The first kappa shape index (κ1) is 18.7. The first-order valence-corrected chi connectivity index (χ1v) is 7.58. The normalized spacial score (nSPS) is 10.5. The lowest BCUT2D eigenvalue weighted by Crippen LogP contribution is -2.21. The van der Waals surface area contributed by atoms with Gasteiger partial charge < -0.3 is 20.9 Å². The van der Waals surface area contributed by atoms with E-state index >= 15 is 0 Å². The number of nitrogens with zero attached hydrogens (tertiary/aromatic N) is 3. The van der Waals surface area contributed by atoms with Gasteiger partial charge in [0.05, 0.1) is 18.2 Å². The van der Waals surface area contributed by atoms with Crippen LogP contribution in [0.1, 0.15) is 16.7 Å². The van der Waals surface area contributed by atoms with Crippen LogP contribution in [0.2, 0.25) is 0 Å². The average molecular weight is 357 g/mol. The molecule has 0 aliphatic carbocycles.